The number of hydrogen-bond donors (Lipinski definition) is 1. The third kappa shape index (κ3) is 4.30. The van der Waals surface area contributed by atoms with Crippen LogP contribution in [0.15, 0.2) is 63.9 Å². The van der Waals surface area contributed by atoms with Crippen molar-refractivity contribution < 1.29 is 17.6 Å². The van der Waals surface area contributed by atoms with Crippen molar-refractivity contribution in [2.75, 3.05) is 11.6 Å². The molecule has 25 heavy (non-hydrogen) atoms. The number of benzene rings is 2. The van der Waals surface area contributed by atoms with Gasteiger partial charge in [0.05, 0.1) is 11.3 Å². The van der Waals surface area contributed by atoms with E-state index >= 15 is 0 Å². The highest BCUT2D eigenvalue weighted by molar-refractivity contribution is 7.90. The standard InChI is InChI=1S/C17H15N3O4S/c1-25(22,23)14-9-7-12(8-10-14)11-15(21)18-17-20-19-16(24-17)13-5-3-2-4-6-13/h2-10H,11H2,1H3,(H,18,20,21). The van der Waals surface area contributed by atoms with Gasteiger partial charge < -0.3 is 4.42 Å². The molecule has 2 aromatic carbocycles. The average Bonchev–Trinajstić information content (AvgIpc) is 3.03. The zero-order valence-electron chi connectivity index (χ0n) is 13.3. The molecule has 3 rings (SSSR count). The van der Waals surface area contributed by atoms with E-state index in [1.165, 1.54) is 12.1 Å². The highest BCUT2D eigenvalue weighted by Gasteiger charge is 2.12. The summed E-state index contributed by atoms with van der Waals surface area (Å²) < 4.78 is 28.2. The van der Waals surface area contributed by atoms with Crippen LogP contribution in [0.5, 0.6) is 0 Å². The van der Waals surface area contributed by atoms with E-state index in [1.54, 1.807) is 12.1 Å². The Kier molecular flexibility index (Phi) is 4.62. The van der Waals surface area contributed by atoms with Crippen LogP contribution in [0.4, 0.5) is 6.01 Å². The van der Waals surface area contributed by atoms with E-state index in [-0.39, 0.29) is 23.2 Å². The van der Waals surface area contributed by atoms with Crippen molar-refractivity contribution in [3.63, 3.8) is 0 Å². The van der Waals surface area contributed by atoms with E-state index in [4.69, 9.17) is 4.42 Å². The first-order valence-corrected chi connectivity index (χ1v) is 9.29. The highest BCUT2D eigenvalue weighted by Crippen LogP contribution is 2.19. The monoisotopic (exact) mass is 357 g/mol. The second kappa shape index (κ2) is 6.86. The lowest BCUT2D eigenvalue weighted by molar-refractivity contribution is -0.115. The molecule has 0 aliphatic carbocycles. The molecule has 0 radical (unpaired) electrons. The van der Waals surface area contributed by atoms with Gasteiger partial charge in [-0.05, 0) is 29.8 Å². The lowest BCUT2D eigenvalue weighted by Crippen LogP contribution is -2.14. The van der Waals surface area contributed by atoms with E-state index < -0.39 is 9.84 Å². The molecule has 0 saturated carbocycles. The van der Waals surface area contributed by atoms with E-state index in [0.29, 0.717) is 11.5 Å². The number of nitrogens with one attached hydrogen (secondary N) is 1. The van der Waals surface area contributed by atoms with Gasteiger partial charge in [0, 0.05) is 11.8 Å². The number of nitrogens with zero attached hydrogens (tertiary/aromatic N) is 2. The maximum absolute atomic E-state index is 12.1. The molecular formula is C17H15N3O4S. The van der Waals surface area contributed by atoms with Gasteiger partial charge in [-0.2, -0.15) is 0 Å². The number of rotatable bonds is 5. The summed E-state index contributed by atoms with van der Waals surface area (Å²) in [5, 5.41) is 10.2. The summed E-state index contributed by atoms with van der Waals surface area (Å²) in [6.07, 6.45) is 1.20. The average molecular weight is 357 g/mol. The molecule has 0 aliphatic heterocycles. The lowest BCUT2D eigenvalue weighted by Gasteiger charge is -2.03. The molecule has 0 saturated heterocycles. The summed E-state index contributed by atoms with van der Waals surface area (Å²) in [5.41, 5.74) is 1.43. The van der Waals surface area contributed by atoms with E-state index in [1.807, 2.05) is 30.3 Å². The van der Waals surface area contributed by atoms with E-state index in [9.17, 15) is 13.2 Å². The Morgan fingerprint density at radius 3 is 2.36 bits per heavy atom. The zero-order valence-corrected chi connectivity index (χ0v) is 14.2. The van der Waals surface area contributed by atoms with Crippen LogP contribution in [0, 0.1) is 0 Å². The minimum absolute atomic E-state index is 0.0107. The molecule has 8 heteroatoms. The number of anilines is 1. The topological polar surface area (TPSA) is 102 Å². The SMILES string of the molecule is CS(=O)(=O)c1ccc(CC(=O)Nc2nnc(-c3ccccc3)o2)cc1. The molecule has 0 fully saturated rings. The van der Waals surface area contributed by atoms with Crippen LogP contribution in [0.2, 0.25) is 0 Å². The second-order valence-corrected chi connectivity index (χ2v) is 7.44. The third-order valence-corrected chi connectivity index (χ3v) is 4.54. The van der Waals surface area contributed by atoms with Gasteiger partial charge in [0.15, 0.2) is 9.84 Å². The Morgan fingerprint density at radius 2 is 1.72 bits per heavy atom. The molecule has 0 aliphatic rings. The molecule has 0 bridgehead atoms. The molecule has 1 aromatic heterocycles. The number of hydrogen-bond acceptors (Lipinski definition) is 6. The van der Waals surface area contributed by atoms with Crippen LogP contribution in [0.1, 0.15) is 5.56 Å². The zero-order chi connectivity index (χ0) is 17.9. The first-order chi connectivity index (χ1) is 11.9. The van der Waals surface area contributed by atoms with Gasteiger partial charge in [-0.25, -0.2) is 8.42 Å². The Morgan fingerprint density at radius 1 is 1.04 bits per heavy atom. The van der Waals surface area contributed by atoms with Gasteiger partial charge in [0.1, 0.15) is 0 Å². The normalized spacial score (nSPS) is 11.2. The first-order valence-electron chi connectivity index (χ1n) is 7.39. The van der Waals surface area contributed by atoms with Gasteiger partial charge in [-0.3, -0.25) is 10.1 Å². The molecule has 0 spiro atoms. The van der Waals surface area contributed by atoms with Crippen LogP contribution >= 0.6 is 0 Å². The van der Waals surface area contributed by atoms with Crippen molar-refractivity contribution in [1.82, 2.24) is 10.2 Å². The molecular weight excluding hydrogens is 342 g/mol. The van der Waals surface area contributed by atoms with Crippen molar-refractivity contribution in [1.29, 1.82) is 0 Å². The number of aromatic nitrogens is 2. The quantitative estimate of drug-likeness (QED) is 0.752. The van der Waals surface area contributed by atoms with Crippen molar-refractivity contribution in [3.05, 3.63) is 60.2 Å². The smallest absolute Gasteiger partial charge is 0.322 e. The van der Waals surface area contributed by atoms with Crippen molar-refractivity contribution in [3.8, 4) is 11.5 Å². The highest BCUT2D eigenvalue weighted by atomic mass is 32.2. The molecule has 0 atom stereocenters. The van der Waals surface area contributed by atoms with Crippen LogP contribution in [0.3, 0.4) is 0 Å². The van der Waals surface area contributed by atoms with Crippen molar-refractivity contribution >= 4 is 21.8 Å². The largest absolute Gasteiger partial charge is 0.403 e. The molecule has 3 aromatic rings. The fraction of sp³-hybridized carbons (Fsp3) is 0.118. The Labute approximate surface area is 144 Å². The number of carbonyl (C=O) groups is 1. The summed E-state index contributed by atoms with van der Waals surface area (Å²) >= 11 is 0. The Hall–Kier alpha value is -3.00. The Bertz CT molecular complexity index is 980. The Balaban J connectivity index is 1.64. The third-order valence-electron chi connectivity index (χ3n) is 3.41. The fourth-order valence-electron chi connectivity index (χ4n) is 2.17. The van der Waals surface area contributed by atoms with Gasteiger partial charge in [0.25, 0.3) is 0 Å². The predicted molar refractivity (Wildman–Crippen MR) is 91.6 cm³/mol. The number of sulfone groups is 1. The molecule has 1 N–H and O–H groups in total. The molecule has 7 nitrogen and oxygen atoms in total. The minimum atomic E-state index is -3.25. The number of amides is 1. The summed E-state index contributed by atoms with van der Waals surface area (Å²) in [6, 6.07) is 15.4. The lowest BCUT2D eigenvalue weighted by atomic mass is 10.1. The van der Waals surface area contributed by atoms with Crippen molar-refractivity contribution in [2.24, 2.45) is 0 Å². The summed E-state index contributed by atoms with van der Waals surface area (Å²) in [7, 11) is -3.25. The maximum atomic E-state index is 12.1. The van der Waals surface area contributed by atoms with E-state index in [2.05, 4.69) is 15.5 Å². The number of carbonyl (C=O) groups excluding carboxylic acids is 1. The van der Waals surface area contributed by atoms with Gasteiger partial charge in [-0.15, -0.1) is 5.10 Å². The first kappa shape index (κ1) is 16.8. The predicted octanol–water partition coefficient (Wildman–Crippen LogP) is 2.32. The minimum Gasteiger partial charge on any atom is -0.403 e. The van der Waals surface area contributed by atoms with Crippen LogP contribution in [-0.2, 0) is 21.1 Å². The van der Waals surface area contributed by atoms with Gasteiger partial charge in [0.2, 0.25) is 11.8 Å². The van der Waals surface area contributed by atoms with E-state index in [0.717, 1.165) is 11.8 Å². The van der Waals surface area contributed by atoms with Gasteiger partial charge in [-0.1, -0.05) is 35.4 Å². The second-order valence-electron chi connectivity index (χ2n) is 5.42. The molecule has 128 valence electrons. The summed E-state index contributed by atoms with van der Waals surface area (Å²) in [4.78, 5) is 12.3. The van der Waals surface area contributed by atoms with Crippen molar-refractivity contribution in [2.45, 2.75) is 11.3 Å². The fourth-order valence-corrected chi connectivity index (χ4v) is 2.80. The molecule has 1 heterocycles. The maximum Gasteiger partial charge on any atom is 0.322 e. The van der Waals surface area contributed by atoms with Crippen LogP contribution in [0.25, 0.3) is 11.5 Å². The van der Waals surface area contributed by atoms with Gasteiger partial charge >= 0.3 is 6.01 Å². The summed E-state index contributed by atoms with van der Waals surface area (Å²) in [6.45, 7) is 0. The molecule has 0 unspecified atom stereocenters. The summed E-state index contributed by atoms with van der Waals surface area (Å²) in [5.74, 6) is -0.0243. The van der Waals surface area contributed by atoms with Crippen LogP contribution in [-0.4, -0.2) is 30.8 Å². The molecule has 1 amide bonds. The van der Waals surface area contributed by atoms with Crippen LogP contribution < -0.4 is 5.32 Å².